The van der Waals surface area contributed by atoms with Crippen molar-refractivity contribution in [2.45, 2.75) is 32.2 Å². The van der Waals surface area contributed by atoms with E-state index in [0.29, 0.717) is 5.56 Å². The summed E-state index contributed by atoms with van der Waals surface area (Å²) in [4.78, 5) is 39.6. The van der Waals surface area contributed by atoms with Gasteiger partial charge in [-0.25, -0.2) is 0 Å². The van der Waals surface area contributed by atoms with E-state index in [4.69, 9.17) is 10.2 Å². The lowest BCUT2D eigenvalue weighted by Crippen LogP contribution is -2.41. The third kappa shape index (κ3) is 7.94. The van der Waals surface area contributed by atoms with Crippen molar-refractivity contribution in [3.63, 3.8) is 0 Å². The Hall–Kier alpha value is -1.15. The molecular formula is C20H29I2N3O9. The van der Waals surface area contributed by atoms with Crippen molar-refractivity contribution in [1.82, 2.24) is 10.6 Å². The number of aliphatic hydroxyl groups is 6. The van der Waals surface area contributed by atoms with E-state index in [1.165, 1.54) is 6.92 Å². The van der Waals surface area contributed by atoms with Crippen molar-refractivity contribution in [2.24, 2.45) is 0 Å². The summed E-state index contributed by atoms with van der Waals surface area (Å²) in [5.74, 6) is -1.88. The van der Waals surface area contributed by atoms with Crippen molar-refractivity contribution < 1.29 is 45.0 Å². The predicted molar refractivity (Wildman–Crippen MR) is 139 cm³/mol. The Labute approximate surface area is 223 Å². The molecule has 0 aliphatic carbocycles. The third-order valence-corrected chi connectivity index (χ3v) is 6.85. The smallest absolute Gasteiger partial charge is 0.253 e. The molecule has 14 heteroatoms. The van der Waals surface area contributed by atoms with Crippen LogP contribution in [0.4, 0.5) is 5.69 Å². The van der Waals surface area contributed by atoms with E-state index >= 15 is 0 Å². The molecule has 1 aromatic rings. The number of halogens is 2. The topological polar surface area (TPSA) is 200 Å². The van der Waals surface area contributed by atoms with E-state index in [1.54, 1.807) is 29.5 Å². The largest absolute Gasteiger partial charge is 0.394 e. The third-order valence-electron chi connectivity index (χ3n) is 4.72. The zero-order valence-electron chi connectivity index (χ0n) is 18.6. The highest BCUT2D eigenvalue weighted by molar-refractivity contribution is 14.1. The number of carbonyl (C=O) groups is 3. The lowest BCUT2D eigenvalue weighted by molar-refractivity contribution is -0.117. The molecule has 3 unspecified atom stereocenters. The molecule has 0 aliphatic rings. The number of aliphatic hydroxyl groups excluding tert-OH is 6. The second-order valence-corrected chi connectivity index (χ2v) is 9.57. The first kappa shape index (κ1) is 30.9. The quantitative estimate of drug-likeness (QED) is 0.114. The van der Waals surface area contributed by atoms with Crippen LogP contribution in [-0.4, -0.2) is 106 Å². The van der Waals surface area contributed by atoms with Crippen molar-refractivity contribution >= 4 is 68.6 Å². The summed E-state index contributed by atoms with van der Waals surface area (Å²) in [5, 5.41) is 61.4. The van der Waals surface area contributed by atoms with E-state index in [2.05, 4.69) is 10.6 Å². The minimum absolute atomic E-state index is 0.0181. The zero-order chi connectivity index (χ0) is 26.2. The molecule has 0 heterocycles. The molecule has 8 N–H and O–H groups in total. The van der Waals surface area contributed by atoms with Gasteiger partial charge in [-0.3, -0.25) is 14.4 Å². The van der Waals surface area contributed by atoms with Gasteiger partial charge in [-0.15, -0.1) is 0 Å². The molecule has 12 nitrogen and oxygen atoms in total. The van der Waals surface area contributed by atoms with Gasteiger partial charge in [0.15, 0.2) is 0 Å². The predicted octanol–water partition coefficient (Wildman–Crippen LogP) is -1.92. The first-order valence-electron chi connectivity index (χ1n) is 10.1. The fourth-order valence-electron chi connectivity index (χ4n) is 2.95. The Balaban J connectivity index is 3.73. The average Bonchev–Trinajstić information content (AvgIpc) is 2.79. The monoisotopic (exact) mass is 709 g/mol. The number of rotatable bonds is 12. The van der Waals surface area contributed by atoms with Gasteiger partial charge in [-0.05, 0) is 57.7 Å². The number of amides is 3. The maximum atomic E-state index is 13.0. The fourth-order valence-corrected chi connectivity index (χ4v) is 5.84. The van der Waals surface area contributed by atoms with Gasteiger partial charge in [0.1, 0.15) is 0 Å². The summed E-state index contributed by atoms with van der Waals surface area (Å²) in [5.41, 5.74) is 0.516. The van der Waals surface area contributed by atoms with Gasteiger partial charge < -0.3 is 46.2 Å². The van der Waals surface area contributed by atoms with Crippen LogP contribution in [0.2, 0.25) is 0 Å². The van der Waals surface area contributed by atoms with Gasteiger partial charge in [0.25, 0.3) is 11.8 Å². The van der Waals surface area contributed by atoms with E-state index < -0.39 is 55.9 Å². The molecular weight excluding hydrogens is 680 g/mol. The highest BCUT2D eigenvalue weighted by atomic mass is 127. The normalized spacial score (nSPS) is 13.7. The molecule has 34 heavy (non-hydrogen) atoms. The van der Waals surface area contributed by atoms with Crippen molar-refractivity contribution in [3.8, 4) is 0 Å². The molecule has 0 saturated carbocycles. The van der Waals surface area contributed by atoms with E-state index in [-0.39, 0.29) is 43.6 Å². The Bertz CT molecular complexity index is 848. The lowest BCUT2D eigenvalue weighted by Gasteiger charge is -2.29. The summed E-state index contributed by atoms with van der Waals surface area (Å²) in [6, 6.07) is 0. The zero-order valence-corrected chi connectivity index (χ0v) is 22.9. The van der Waals surface area contributed by atoms with Gasteiger partial charge in [0.2, 0.25) is 5.91 Å². The minimum atomic E-state index is -1.28. The van der Waals surface area contributed by atoms with Crippen LogP contribution in [0, 0.1) is 14.1 Å². The number of hydrogen-bond donors (Lipinski definition) is 8. The van der Waals surface area contributed by atoms with Gasteiger partial charge in [0.05, 0.1) is 65.1 Å². The standard InChI is InChI=1S/C20H29I2N3O9/c1-9-14(19(33)23-3-11(30)6-26)16(21)15(20(34)24-4-12(31)7-27)17(22)18(9)25(10(2)29)5-13(32)8-28/h11-13,26-28,30-32H,3-8H2,1-2H3,(H,23,33)(H,24,34). The van der Waals surface area contributed by atoms with Crippen LogP contribution in [0.5, 0.6) is 0 Å². The summed E-state index contributed by atoms with van der Waals surface area (Å²) in [7, 11) is 0. The highest BCUT2D eigenvalue weighted by Gasteiger charge is 2.31. The Morgan fingerprint density at radius 2 is 1.26 bits per heavy atom. The van der Waals surface area contributed by atoms with Gasteiger partial charge in [-0.1, -0.05) is 0 Å². The Morgan fingerprint density at radius 1 is 0.824 bits per heavy atom. The summed E-state index contributed by atoms with van der Waals surface area (Å²) in [6.07, 6.45) is -3.70. The summed E-state index contributed by atoms with van der Waals surface area (Å²) < 4.78 is 0.504. The van der Waals surface area contributed by atoms with Crippen LogP contribution >= 0.6 is 45.2 Å². The van der Waals surface area contributed by atoms with Crippen LogP contribution in [-0.2, 0) is 4.79 Å². The molecule has 192 valence electrons. The molecule has 1 rings (SSSR count). The number of nitrogens with one attached hydrogen (secondary N) is 2. The number of carbonyl (C=O) groups excluding carboxylic acids is 3. The van der Waals surface area contributed by atoms with Crippen LogP contribution in [0.1, 0.15) is 33.2 Å². The highest BCUT2D eigenvalue weighted by Crippen LogP contribution is 2.37. The first-order chi connectivity index (χ1) is 15.9. The maximum Gasteiger partial charge on any atom is 0.253 e. The van der Waals surface area contributed by atoms with Crippen LogP contribution in [0.25, 0.3) is 0 Å². The molecule has 0 radical (unpaired) electrons. The molecule has 3 atom stereocenters. The Kier molecular flexibility index (Phi) is 13.1. The van der Waals surface area contributed by atoms with Gasteiger partial charge in [-0.2, -0.15) is 0 Å². The first-order valence-corrected chi connectivity index (χ1v) is 12.3. The summed E-state index contributed by atoms with van der Waals surface area (Å²) in [6.45, 7) is 0.157. The second kappa shape index (κ2) is 14.4. The van der Waals surface area contributed by atoms with E-state index in [9.17, 15) is 34.8 Å². The van der Waals surface area contributed by atoms with Crippen LogP contribution in [0.3, 0.4) is 0 Å². The second-order valence-electron chi connectivity index (χ2n) is 7.41. The maximum absolute atomic E-state index is 13.0. The molecule has 3 amide bonds. The van der Waals surface area contributed by atoms with E-state index in [1.807, 2.05) is 22.6 Å². The van der Waals surface area contributed by atoms with Crippen LogP contribution < -0.4 is 15.5 Å². The molecule has 0 aliphatic heterocycles. The molecule has 0 aromatic heterocycles. The number of nitrogens with zero attached hydrogens (tertiary/aromatic N) is 1. The van der Waals surface area contributed by atoms with Gasteiger partial charge in [0, 0.05) is 23.6 Å². The number of anilines is 1. The van der Waals surface area contributed by atoms with E-state index in [0.717, 1.165) is 4.90 Å². The fraction of sp³-hybridized carbons (Fsp3) is 0.550. The van der Waals surface area contributed by atoms with Crippen molar-refractivity contribution in [1.29, 1.82) is 0 Å². The molecule has 0 spiro atoms. The Morgan fingerprint density at radius 3 is 1.68 bits per heavy atom. The SMILES string of the molecule is CC(=O)N(CC(O)CO)c1c(C)c(C(=O)NCC(O)CO)c(I)c(C(=O)NCC(O)CO)c1I. The molecule has 0 fully saturated rings. The van der Waals surface area contributed by atoms with Crippen LogP contribution in [0.15, 0.2) is 0 Å². The molecule has 0 saturated heterocycles. The average molecular weight is 709 g/mol. The number of benzene rings is 1. The summed E-state index contributed by atoms with van der Waals surface area (Å²) >= 11 is 3.64. The van der Waals surface area contributed by atoms with Crippen molar-refractivity contribution in [3.05, 3.63) is 23.8 Å². The lowest BCUT2D eigenvalue weighted by atomic mass is 9.99. The van der Waals surface area contributed by atoms with Crippen molar-refractivity contribution in [2.75, 3.05) is 44.4 Å². The van der Waals surface area contributed by atoms with Gasteiger partial charge >= 0.3 is 0 Å². The molecule has 0 bridgehead atoms. The number of hydrogen-bond acceptors (Lipinski definition) is 9. The minimum Gasteiger partial charge on any atom is -0.394 e. The molecule has 1 aromatic carbocycles.